The SMILES string of the molecule is c1cc(-c2cccc3oc4ccc5c6ccccc6sc5c4c23)cc(N2c3ccccc3Oc3ccccc32)c1. The number of para-hydroxylation sites is 4. The van der Waals surface area contributed by atoms with E-state index in [1.807, 2.05) is 35.6 Å². The molecule has 6 aromatic carbocycles. The van der Waals surface area contributed by atoms with Crippen molar-refractivity contribution in [2.75, 3.05) is 4.90 Å². The molecule has 3 nitrogen and oxygen atoms in total. The van der Waals surface area contributed by atoms with Gasteiger partial charge in [-0.2, -0.15) is 0 Å². The highest BCUT2D eigenvalue weighted by Crippen LogP contribution is 2.51. The number of anilines is 3. The summed E-state index contributed by atoms with van der Waals surface area (Å²) in [4.78, 5) is 2.29. The maximum Gasteiger partial charge on any atom is 0.151 e. The second-order valence-electron chi connectivity index (χ2n) is 10.1. The molecule has 1 aliphatic heterocycles. The van der Waals surface area contributed by atoms with E-state index in [1.54, 1.807) is 0 Å². The molecule has 4 heteroatoms. The summed E-state index contributed by atoms with van der Waals surface area (Å²) in [5, 5.41) is 4.93. The Bertz CT molecular complexity index is 2230. The van der Waals surface area contributed by atoms with Crippen LogP contribution in [0.4, 0.5) is 17.1 Å². The summed E-state index contributed by atoms with van der Waals surface area (Å²) in [5.41, 5.74) is 7.27. The van der Waals surface area contributed by atoms with Crippen LogP contribution in [0.2, 0.25) is 0 Å². The van der Waals surface area contributed by atoms with E-state index >= 15 is 0 Å². The van der Waals surface area contributed by atoms with Crippen LogP contribution in [0.3, 0.4) is 0 Å². The summed E-state index contributed by atoms with van der Waals surface area (Å²) in [6.07, 6.45) is 0. The lowest BCUT2D eigenvalue weighted by Crippen LogP contribution is -2.15. The smallest absolute Gasteiger partial charge is 0.151 e. The molecule has 0 spiro atoms. The normalized spacial score (nSPS) is 12.7. The third-order valence-corrected chi connectivity index (χ3v) is 9.06. The molecular weight excluding hydrogens is 510 g/mol. The van der Waals surface area contributed by atoms with Crippen LogP contribution in [0.1, 0.15) is 0 Å². The first kappa shape index (κ1) is 21.8. The standard InChI is InChI=1S/C36H21NO2S/c1-6-18-33-25(11-1)26-19-20-32-35(36(26)40-33)34-24(12-8-17-31(34)39-32)22-9-7-10-23(21-22)37-27-13-2-4-15-29(27)38-30-16-5-3-14-28(30)37/h1-21H. The topological polar surface area (TPSA) is 25.6 Å². The molecule has 2 aromatic heterocycles. The Hall–Kier alpha value is -5.06. The number of hydrogen-bond donors (Lipinski definition) is 0. The summed E-state index contributed by atoms with van der Waals surface area (Å²) in [5.74, 6) is 1.70. The summed E-state index contributed by atoms with van der Waals surface area (Å²) in [6, 6.07) is 44.5. The third-order valence-electron chi connectivity index (χ3n) is 7.85. The first-order valence-corrected chi connectivity index (χ1v) is 14.2. The van der Waals surface area contributed by atoms with Crippen LogP contribution in [-0.4, -0.2) is 0 Å². The molecule has 0 fully saturated rings. The lowest BCUT2D eigenvalue weighted by Gasteiger charge is -2.33. The molecule has 0 saturated heterocycles. The molecule has 3 heterocycles. The van der Waals surface area contributed by atoms with Crippen molar-refractivity contribution >= 4 is 70.5 Å². The lowest BCUT2D eigenvalue weighted by atomic mass is 9.98. The maximum atomic E-state index is 6.44. The fourth-order valence-electron chi connectivity index (χ4n) is 6.12. The lowest BCUT2D eigenvalue weighted by molar-refractivity contribution is 0.477. The number of furan rings is 1. The molecule has 0 saturated carbocycles. The molecule has 0 N–H and O–H groups in total. The second-order valence-corrected chi connectivity index (χ2v) is 11.2. The van der Waals surface area contributed by atoms with E-state index in [-0.39, 0.29) is 0 Å². The van der Waals surface area contributed by atoms with Crippen molar-refractivity contribution in [3.8, 4) is 22.6 Å². The number of benzene rings is 6. The summed E-state index contributed by atoms with van der Waals surface area (Å²) >= 11 is 1.84. The zero-order valence-corrected chi connectivity index (χ0v) is 22.1. The summed E-state index contributed by atoms with van der Waals surface area (Å²) < 4.78 is 15.3. The van der Waals surface area contributed by atoms with Gasteiger partial charge in [0, 0.05) is 36.6 Å². The van der Waals surface area contributed by atoms with Crippen molar-refractivity contribution in [1.29, 1.82) is 0 Å². The van der Waals surface area contributed by atoms with Gasteiger partial charge >= 0.3 is 0 Å². The second kappa shape index (κ2) is 8.22. The monoisotopic (exact) mass is 531 g/mol. The number of hydrogen-bond acceptors (Lipinski definition) is 4. The van der Waals surface area contributed by atoms with E-state index in [0.717, 1.165) is 56.2 Å². The first-order valence-electron chi connectivity index (χ1n) is 13.4. The predicted molar refractivity (Wildman–Crippen MR) is 167 cm³/mol. The fourth-order valence-corrected chi connectivity index (χ4v) is 7.37. The van der Waals surface area contributed by atoms with Gasteiger partial charge in [0.05, 0.1) is 11.4 Å². The average molecular weight is 532 g/mol. The Labute approximate surface area is 234 Å². The maximum absolute atomic E-state index is 6.44. The van der Waals surface area contributed by atoms with Crippen molar-refractivity contribution in [3.05, 3.63) is 127 Å². The van der Waals surface area contributed by atoms with E-state index < -0.39 is 0 Å². The largest absolute Gasteiger partial charge is 0.456 e. The minimum atomic E-state index is 0.849. The van der Waals surface area contributed by atoms with Crippen molar-refractivity contribution in [1.82, 2.24) is 0 Å². The van der Waals surface area contributed by atoms with Crippen LogP contribution in [0.25, 0.3) is 53.2 Å². The Balaban J connectivity index is 1.30. The zero-order valence-electron chi connectivity index (χ0n) is 21.3. The molecule has 188 valence electrons. The molecule has 0 unspecified atom stereocenters. The van der Waals surface area contributed by atoms with E-state index in [0.29, 0.717) is 0 Å². The Morgan fingerprint density at radius 1 is 0.550 bits per heavy atom. The summed E-state index contributed by atoms with van der Waals surface area (Å²) in [6.45, 7) is 0. The van der Waals surface area contributed by atoms with Crippen molar-refractivity contribution in [3.63, 3.8) is 0 Å². The van der Waals surface area contributed by atoms with Crippen LogP contribution < -0.4 is 9.64 Å². The highest BCUT2D eigenvalue weighted by molar-refractivity contribution is 7.26. The molecule has 0 amide bonds. The zero-order chi connectivity index (χ0) is 26.2. The Morgan fingerprint density at radius 3 is 2.12 bits per heavy atom. The minimum Gasteiger partial charge on any atom is -0.456 e. The number of rotatable bonds is 2. The van der Waals surface area contributed by atoms with E-state index in [9.17, 15) is 0 Å². The van der Waals surface area contributed by atoms with Gasteiger partial charge in [-0.25, -0.2) is 0 Å². The number of fused-ring (bicyclic) bond motifs is 9. The van der Waals surface area contributed by atoms with Gasteiger partial charge in [-0.15, -0.1) is 11.3 Å². The van der Waals surface area contributed by atoms with Gasteiger partial charge in [0.2, 0.25) is 0 Å². The molecule has 40 heavy (non-hydrogen) atoms. The van der Waals surface area contributed by atoms with Gasteiger partial charge in [-0.3, -0.25) is 0 Å². The summed E-state index contributed by atoms with van der Waals surface area (Å²) in [7, 11) is 0. The van der Waals surface area contributed by atoms with Gasteiger partial charge in [-0.05, 0) is 71.8 Å². The number of ether oxygens (including phenoxy) is 1. The highest BCUT2D eigenvalue weighted by Gasteiger charge is 2.26. The Kier molecular flexibility index (Phi) is 4.48. The highest BCUT2D eigenvalue weighted by atomic mass is 32.1. The van der Waals surface area contributed by atoms with Crippen molar-refractivity contribution in [2.24, 2.45) is 0 Å². The van der Waals surface area contributed by atoms with Gasteiger partial charge in [-0.1, -0.05) is 66.7 Å². The van der Waals surface area contributed by atoms with Crippen LogP contribution in [0.5, 0.6) is 11.5 Å². The van der Waals surface area contributed by atoms with Crippen molar-refractivity contribution in [2.45, 2.75) is 0 Å². The fraction of sp³-hybridized carbons (Fsp3) is 0. The van der Waals surface area contributed by atoms with Gasteiger partial charge in [0.15, 0.2) is 11.5 Å². The Morgan fingerprint density at radius 2 is 1.27 bits per heavy atom. The van der Waals surface area contributed by atoms with Gasteiger partial charge in [0.25, 0.3) is 0 Å². The minimum absolute atomic E-state index is 0.849. The molecule has 8 aromatic rings. The molecule has 9 rings (SSSR count). The van der Waals surface area contributed by atoms with Crippen LogP contribution in [0, 0.1) is 0 Å². The molecular formula is C36H21NO2S. The van der Waals surface area contributed by atoms with E-state index in [2.05, 4.69) is 108 Å². The van der Waals surface area contributed by atoms with Crippen LogP contribution >= 0.6 is 11.3 Å². The van der Waals surface area contributed by atoms with E-state index in [1.165, 1.54) is 25.6 Å². The molecule has 1 aliphatic rings. The quantitative estimate of drug-likeness (QED) is 0.222. The average Bonchev–Trinajstić information content (AvgIpc) is 3.58. The molecule has 0 radical (unpaired) electrons. The molecule has 0 bridgehead atoms. The third kappa shape index (κ3) is 3.05. The predicted octanol–water partition coefficient (Wildman–Crippen LogP) is 11.2. The first-order chi connectivity index (χ1) is 19.8. The van der Waals surface area contributed by atoms with E-state index in [4.69, 9.17) is 9.15 Å². The molecule has 0 atom stereocenters. The van der Waals surface area contributed by atoms with Gasteiger partial charge in [0.1, 0.15) is 11.2 Å². The van der Waals surface area contributed by atoms with Crippen LogP contribution in [0.15, 0.2) is 132 Å². The number of thiophene rings is 1. The number of nitrogens with zero attached hydrogens (tertiary/aromatic N) is 1. The van der Waals surface area contributed by atoms with Crippen LogP contribution in [-0.2, 0) is 0 Å². The van der Waals surface area contributed by atoms with Gasteiger partial charge < -0.3 is 14.1 Å². The molecule has 0 aliphatic carbocycles. The van der Waals surface area contributed by atoms with Crippen molar-refractivity contribution < 1.29 is 9.15 Å².